The van der Waals surface area contributed by atoms with Gasteiger partial charge in [0.05, 0.1) is 19.7 Å². The molecular formula is C17H17ClN4O2. The van der Waals surface area contributed by atoms with Crippen LogP contribution >= 0.6 is 11.6 Å². The molecule has 0 fully saturated rings. The van der Waals surface area contributed by atoms with Gasteiger partial charge in [-0.3, -0.25) is 10.3 Å². The maximum atomic E-state index is 11.2. The first-order valence-electron chi connectivity index (χ1n) is 7.43. The van der Waals surface area contributed by atoms with Gasteiger partial charge in [-0.25, -0.2) is 9.89 Å². The van der Waals surface area contributed by atoms with Gasteiger partial charge in [-0.2, -0.15) is 5.10 Å². The van der Waals surface area contributed by atoms with Gasteiger partial charge in [0, 0.05) is 10.6 Å². The summed E-state index contributed by atoms with van der Waals surface area (Å²) in [5, 5.41) is 10.3. The van der Waals surface area contributed by atoms with Crippen molar-refractivity contribution in [3.05, 3.63) is 81.0 Å². The standard InChI is InChI=1S/C17H17ClN4O2/c1-24-14-9-5-3-7-12(14)16(11-6-2-4-8-13(11)18)19-10-15-20-17(23)22-21-15/h2-9,16,19H,10H2,1H3,(H2,20,21,22,23)/t16-/m0/s1. The Morgan fingerprint density at radius 3 is 2.54 bits per heavy atom. The molecule has 3 rings (SSSR count). The third-order valence-corrected chi connectivity index (χ3v) is 4.03. The normalized spacial score (nSPS) is 12.1. The van der Waals surface area contributed by atoms with Crippen molar-refractivity contribution in [3.63, 3.8) is 0 Å². The van der Waals surface area contributed by atoms with Crippen LogP contribution in [-0.4, -0.2) is 22.3 Å². The summed E-state index contributed by atoms with van der Waals surface area (Å²) in [6, 6.07) is 15.1. The maximum absolute atomic E-state index is 11.2. The van der Waals surface area contributed by atoms with Crippen molar-refractivity contribution in [2.45, 2.75) is 12.6 Å². The number of para-hydroxylation sites is 1. The van der Waals surface area contributed by atoms with Crippen molar-refractivity contribution in [2.75, 3.05) is 7.11 Å². The second kappa shape index (κ2) is 7.33. The average molecular weight is 345 g/mol. The van der Waals surface area contributed by atoms with Gasteiger partial charge in [-0.05, 0) is 17.7 Å². The van der Waals surface area contributed by atoms with Gasteiger partial charge in [0.1, 0.15) is 11.6 Å². The molecule has 0 saturated carbocycles. The van der Waals surface area contributed by atoms with Gasteiger partial charge in [0.25, 0.3) is 0 Å². The molecule has 6 nitrogen and oxygen atoms in total. The summed E-state index contributed by atoms with van der Waals surface area (Å²) >= 11 is 6.39. The SMILES string of the molecule is COc1ccccc1[C@@H](NCc1n[nH]c(=O)[nH]1)c1ccccc1Cl. The van der Waals surface area contributed by atoms with E-state index in [0.29, 0.717) is 17.4 Å². The Kier molecular flexibility index (Phi) is 4.98. The van der Waals surface area contributed by atoms with Crippen LogP contribution in [-0.2, 0) is 6.54 Å². The zero-order chi connectivity index (χ0) is 16.9. The summed E-state index contributed by atoms with van der Waals surface area (Å²) in [7, 11) is 1.63. The molecule has 0 spiro atoms. The third kappa shape index (κ3) is 3.50. The fourth-order valence-corrected chi connectivity index (χ4v) is 2.83. The number of halogens is 1. The summed E-state index contributed by atoms with van der Waals surface area (Å²) in [6.07, 6.45) is 0. The van der Waals surface area contributed by atoms with Gasteiger partial charge in [-0.1, -0.05) is 48.0 Å². The van der Waals surface area contributed by atoms with Crippen molar-refractivity contribution in [1.29, 1.82) is 0 Å². The quantitative estimate of drug-likeness (QED) is 0.642. The average Bonchev–Trinajstić information content (AvgIpc) is 3.02. The van der Waals surface area contributed by atoms with Crippen LogP contribution in [0.15, 0.2) is 53.3 Å². The largest absolute Gasteiger partial charge is 0.496 e. The molecule has 124 valence electrons. The van der Waals surface area contributed by atoms with Crippen LogP contribution in [0.1, 0.15) is 23.0 Å². The Morgan fingerprint density at radius 2 is 1.88 bits per heavy atom. The van der Waals surface area contributed by atoms with E-state index in [4.69, 9.17) is 16.3 Å². The van der Waals surface area contributed by atoms with Gasteiger partial charge in [0.2, 0.25) is 0 Å². The molecule has 0 unspecified atom stereocenters. The number of H-pyrrole nitrogens is 2. The number of hydrogen-bond donors (Lipinski definition) is 3. The first kappa shape index (κ1) is 16.3. The van der Waals surface area contributed by atoms with Crippen molar-refractivity contribution in [3.8, 4) is 5.75 Å². The molecule has 3 aromatic rings. The van der Waals surface area contributed by atoms with Crippen LogP contribution in [0.4, 0.5) is 0 Å². The van der Waals surface area contributed by atoms with Crippen LogP contribution in [0.2, 0.25) is 5.02 Å². The van der Waals surface area contributed by atoms with E-state index in [2.05, 4.69) is 20.5 Å². The molecule has 3 N–H and O–H groups in total. The molecule has 2 aromatic carbocycles. The highest BCUT2D eigenvalue weighted by Crippen LogP contribution is 2.33. The Labute approximate surface area is 143 Å². The molecule has 0 saturated heterocycles. The van der Waals surface area contributed by atoms with E-state index in [1.54, 1.807) is 7.11 Å². The molecule has 1 heterocycles. The van der Waals surface area contributed by atoms with E-state index in [-0.39, 0.29) is 11.7 Å². The predicted octanol–water partition coefficient (Wildman–Crippen LogP) is 2.64. The summed E-state index contributed by atoms with van der Waals surface area (Å²) in [4.78, 5) is 13.8. The number of benzene rings is 2. The molecule has 0 amide bonds. The zero-order valence-corrected chi connectivity index (χ0v) is 13.8. The van der Waals surface area contributed by atoms with Crippen LogP contribution in [0.25, 0.3) is 0 Å². The molecular weight excluding hydrogens is 328 g/mol. The number of rotatable bonds is 6. The Morgan fingerprint density at radius 1 is 1.17 bits per heavy atom. The van der Waals surface area contributed by atoms with E-state index in [1.807, 2.05) is 48.5 Å². The molecule has 24 heavy (non-hydrogen) atoms. The first-order chi connectivity index (χ1) is 11.7. The lowest BCUT2D eigenvalue weighted by atomic mass is 9.97. The molecule has 0 aliphatic rings. The second-order valence-electron chi connectivity index (χ2n) is 5.20. The summed E-state index contributed by atoms with van der Waals surface area (Å²) < 4.78 is 5.48. The number of ether oxygens (including phenoxy) is 1. The van der Waals surface area contributed by atoms with Gasteiger partial charge in [-0.15, -0.1) is 0 Å². The molecule has 0 aliphatic carbocycles. The number of nitrogens with zero attached hydrogens (tertiary/aromatic N) is 1. The number of methoxy groups -OCH3 is 1. The summed E-state index contributed by atoms with van der Waals surface area (Å²) in [6.45, 7) is 0.368. The van der Waals surface area contributed by atoms with Crippen molar-refractivity contribution < 1.29 is 4.74 Å². The van der Waals surface area contributed by atoms with Crippen molar-refractivity contribution >= 4 is 11.6 Å². The summed E-state index contributed by atoms with van der Waals surface area (Å²) in [5.41, 5.74) is 1.53. The Balaban J connectivity index is 1.97. The van der Waals surface area contributed by atoms with Crippen LogP contribution in [0.5, 0.6) is 5.75 Å². The predicted molar refractivity (Wildman–Crippen MR) is 92.3 cm³/mol. The highest BCUT2D eigenvalue weighted by atomic mass is 35.5. The molecule has 0 bridgehead atoms. The summed E-state index contributed by atoms with van der Waals surface area (Å²) in [5.74, 6) is 1.28. The Hall–Kier alpha value is -2.57. The van der Waals surface area contributed by atoms with Gasteiger partial charge >= 0.3 is 5.69 Å². The topological polar surface area (TPSA) is 82.8 Å². The number of aromatic nitrogens is 3. The lowest BCUT2D eigenvalue weighted by Crippen LogP contribution is -2.23. The van der Waals surface area contributed by atoms with E-state index >= 15 is 0 Å². The van der Waals surface area contributed by atoms with Crippen LogP contribution in [0, 0.1) is 0 Å². The first-order valence-corrected chi connectivity index (χ1v) is 7.81. The fourth-order valence-electron chi connectivity index (χ4n) is 2.59. The van der Waals surface area contributed by atoms with Crippen LogP contribution in [0.3, 0.4) is 0 Å². The van der Waals surface area contributed by atoms with Gasteiger partial charge < -0.3 is 4.74 Å². The third-order valence-electron chi connectivity index (χ3n) is 3.69. The van der Waals surface area contributed by atoms with Crippen molar-refractivity contribution in [2.24, 2.45) is 0 Å². The minimum absolute atomic E-state index is 0.213. The van der Waals surface area contributed by atoms with E-state index < -0.39 is 0 Å². The van der Waals surface area contributed by atoms with Crippen molar-refractivity contribution in [1.82, 2.24) is 20.5 Å². The van der Waals surface area contributed by atoms with E-state index in [0.717, 1.165) is 16.9 Å². The van der Waals surface area contributed by atoms with Crippen LogP contribution < -0.4 is 15.7 Å². The molecule has 1 aromatic heterocycles. The minimum atomic E-state index is -0.335. The maximum Gasteiger partial charge on any atom is 0.340 e. The molecule has 1 atom stereocenters. The minimum Gasteiger partial charge on any atom is -0.496 e. The lowest BCUT2D eigenvalue weighted by molar-refractivity contribution is 0.403. The number of nitrogens with one attached hydrogen (secondary N) is 3. The van der Waals surface area contributed by atoms with E-state index in [9.17, 15) is 4.79 Å². The highest BCUT2D eigenvalue weighted by Gasteiger charge is 2.20. The monoisotopic (exact) mass is 344 g/mol. The lowest BCUT2D eigenvalue weighted by Gasteiger charge is -2.22. The fraction of sp³-hybridized carbons (Fsp3) is 0.176. The van der Waals surface area contributed by atoms with E-state index in [1.165, 1.54) is 0 Å². The number of aromatic amines is 2. The molecule has 0 radical (unpaired) electrons. The zero-order valence-electron chi connectivity index (χ0n) is 13.0. The second-order valence-corrected chi connectivity index (χ2v) is 5.61. The Bertz CT molecular complexity index is 875. The highest BCUT2D eigenvalue weighted by molar-refractivity contribution is 6.31. The van der Waals surface area contributed by atoms with Gasteiger partial charge in [0.15, 0.2) is 0 Å². The molecule has 7 heteroatoms. The number of hydrogen-bond acceptors (Lipinski definition) is 4. The molecule has 0 aliphatic heterocycles. The smallest absolute Gasteiger partial charge is 0.340 e.